The van der Waals surface area contributed by atoms with Crippen LogP contribution in [0.3, 0.4) is 0 Å². The van der Waals surface area contributed by atoms with Crippen LogP contribution in [0.2, 0.25) is 0 Å². The van der Waals surface area contributed by atoms with Gasteiger partial charge in [-0.3, -0.25) is 0 Å². The molecule has 2 amide bonds. The van der Waals surface area contributed by atoms with E-state index < -0.39 is 12.0 Å². The van der Waals surface area contributed by atoms with Crippen LogP contribution in [0.5, 0.6) is 0 Å². The second kappa shape index (κ2) is 7.94. The number of imidazole rings is 1. The summed E-state index contributed by atoms with van der Waals surface area (Å²) in [6, 6.07) is 2.99. The van der Waals surface area contributed by atoms with E-state index in [2.05, 4.69) is 15.3 Å². The average Bonchev–Trinajstić information content (AvgIpc) is 3.24. The van der Waals surface area contributed by atoms with Gasteiger partial charge in [0.2, 0.25) is 0 Å². The maximum atomic E-state index is 12.6. The Morgan fingerprint density at radius 2 is 2.19 bits per heavy atom. The van der Waals surface area contributed by atoms with Crippen molar-refractivity contribution in [2.24, 2.45) is 18.9 Å². The molecule has 2 atom stereocenters. The number of carbonyl (C=O) groups excluding carboxylic acids is 2. The lowest BCUT2D eigenvalue weighted by molar-refractivity contribution is -0.144. The van der Waals surface area contributed by atoms with E-state index in [1.807, 2.05) is 37.6 Å². The molecule has 0 unspecified atom stereocenters. The number of pyridine rings is 1. The molecule has 0 bridgehead atoms. The van der Waals surface area contributed by atoms with Crippen LogP contribution in [0, 0.1) is 11.8 Å². The fourth-order valence-corrected chi connectivity index (χ4v) is 3.54. The highest BCUT2D eigenvalue weighted by Gasteiger charge is 2.31. The van der Waals surface area contributed by atoms with E-state index in [4.69, 9.17) is 4.74 Å². The molecule has 1 N–H and O–H groups in total. The Hall–Kier alpha value is -2.64. The first kappa shape index (κ1) is 19.1. The first-order valence-electron chi connectivity index (χ1n) is 9.30. The van der Waals surface area contributed by atoms with Gasteiger partial charge in [-0.15, -0.1) is 0 Å². The molecule has 1 aliphatic heterocycles. The molecule has 1 aliphatic rings. The van der Waals surface area contributed by atoms with Crippen LogP contribution in [0.4, 0.5) is 4.79 Å². The van der Waals surface area contributed by atoms with Gasteiger partial charge in [0, 0.05) is 32.8 Å². The number of nitrogens with zero attached hydrogens (tertiary/aromatic N) is 4. The van der Waals surface area contributed by atoms with E-state index in [1.54, 1.807) is 11.1 Å². The standard InChI is InChI=1S/C19H27N5O3/c1-12(2)16(18(25)27-4)22-19(26)24-9-7-13(11-24)10-15-21-14-6-5-8-20-17(14)23(15)3/h5-6,8,12-13,16H,7,9-11H2,1-4H3,(H,22,26)/t13-,16+/m0/s1. The molecule has 146 valence electrons. The zero-order valence-electron chi connectivity index (χ0n) is 16.3. The minimum absolute atomic E-state index is 0.0349. The number of nitrogens with one attached hydrogen (secondary N) is 1. The number of hydrogen-bond donors (Lipinski definition) is 1. The van der Waals surface area contributed by atoms with Crippen molar-refractivity contribution < 1.29 is 14.3 Å². The number of ether oxygens (including phenoxy) is 1. The van der Waals surface area contributed by atoms with Gasteiger partial charge in [-0.25, -0.2) is 19.6 Å². The Balaban J connectivity index is 1.61. The monoisotopic (exact) mass is 373 g/mol. The van der Waals surface area contributed by atoms with Gasteiger partial charge < -0.3 is 19.5 Å². The van der Waals surface area contributed by atoms with Crippen LogP contribution in [-0.4, -0.2) is 57.7 Å². The number of aromatic nitrogens is 3. The van der Waals surface area contributed by atoms with Crippen molar-refractivity contribution in [1.29, 1.82) is 0 Å². The van der Waals surface area contributed by atoms with Gasteiger partial charge in [0.15, 0.2) is 5.65 Å². The van der Waals surface area contributed by atoms with Crippen molar-refractivity contribution >= 4 is 23.2 Å². The van der Waals surface area contributed by atoms with Crippen LogP contribution >= 0.6 is 0 Å². The predicted octanol–water partition coefficient (Wildman–Crippen LogP) is 1.74. The molecular weight excluding hydrogens is 346 g/mol. The highest BCUT2D eigenvalue weighted by Crippen LogP contribution is 2.22. The lowest BCUT2D eigenvalue weighted by atomic mass is 10.0. The summed E-state index contributed by atoms with van der Waals surface area (Å²) < 4.78 is 6.81. The predicted molar refractivity (Wildman–Crippen MR) is 101 cm³/mol. The second-order valence-electron chi connectivity index (χ2n) is 7.43. The lowest BCUT2D eigenvalue weighted by Gasteiger charge is -2.24. The zero-order valence-corrected chi connectivity index (χ0v) is 16.3. The van der Waals surface area contributed by atoms with E-state index >= 15 is 0 Å². The van der Waals surface area contributed by atoms with E-state index in [0.29, 0.717) is 19.0 Å². The smallest absolute Gasteiger partial charge is 0.328 e. The van der Waals surface area contributed by atoms with Crippen molar-refractivity contribution in [2.45, 2.75) is 32.7 Å². The molecule has 8 heteroatoms. The minimum Gasteiger partial charge on any atom is -0.467 e. The van der Waals surface area contributed by atoms with Gasteiger partial charge in [0.05, 0.1) is 7.11 Å². The molecule has 0 aliphatic carbocycles. The zero-order chi connectivity index (χ0) is 19.6. The fraction of sp³-hybridized carbons (Fsp3) is 0.579. The van der Waals surface area contributed by atoms with Crippen LogP contribution in [0.1, 0.15) is 26.1 Å². The molecule has 1 fully saturated rings. The summed E-state index contributed by atoms with van der Waals surface area (Å²) in [5.41, 5.74) is 1.76. The van der Waals surface area contributed by atoms with Crippen molar-refractivity contribution in [1.82, 2.24) is 24.8 Å². The summed E-state index contributed by atoms with van der Waals surface area (Å²) in [5.74, 6) is 0.862. The van der Waals surface area contributed by atoms with E-state index in [-0.39, 0.29) is 11.9 Å². The Labute approximate surface area is 158 Å². The number of urea groups is 1. The Bertz CT molecular complexity index is 832. The first-order chi connectivity index (χ1) is 12.9. The van der Waals surface area contributed by atoms with Crippen LogP contribution < -0.4 is 5.32 Å². The number of methoxy groups -OCH3 is 1. The number of rotatable bonds is 5. The van der Waals surface area contributed by atoms with Crippen molar-refractivity contribution in [2.75, 3.05) is 20.2 Å². The Morgan fingerprint density at radius 1 is 1.41 bits per heavy atom. The SMILES string of the molecule is COC(=O)[C@H](NC(=O)N1CC[C@@H](Cc2nc3cccnc3n2C)C1)C(C)C. The number of fused-ring (bicyclic) bond motifs is 1. The first-order valence-corrected chi connectivity index (χ1v) is 9.30. The molecule has 27 heavy (non-hydrogen) atoms. The summed E-state index contributed by atoms with van der Waals surface area (Å²) in [6.45, 7) is 5.09. The highest BCUT2D eigenvalue weighted by atomic mass is 16.5. The van der Waals surface area contributed by atoms with E-state index in [0.717, 1.165) is 29.8 Å². The van der Waals surface area contributed by atoms with Crippen molar-refractivity contribution in [3.05, 3.63) is 24.2 Å². The molecule has 2 aromatic rings. The maximum Gasteiger partial charge on any atom is 0.328 e. The van der Waals surface area contributed by atoms with Gasteiger partial charge in [0.25, 0.3) is 0 Å². The summed E-state index contributed by atoms with van der Waals surface area (Å²) in [6.07, 6.45) is 3.47. The molecule has 0 spiro atoms. The summed E-state index contributed by atoms with van der Waals surface area (Å²) >= 11 is 0. The normalized spacial score (nSPS) is 18.1. The molecule has 3 heterocycles. The highest BCUT2D eigenvalue weighted by molar-refractivity contribution is 5.83. The number of esters is 1. The van der Waals surface area contributed by atoms with Gasteiger partial charge in [-0.05, 0) is 30.4 Å². The molecule has 2 aromatic heterocycles. The van der Waals surface area contributed by atoms with Crippen LogP contribution in [-0.2, 0) is 23.0 Å². The molecule has 1 saturated heterocycles. The molecular formula is C19H27N5O3. The lowest BCUT2D eigenvalue weighted by Crippen LogP contribution is -2.50. The van der Waals surface area contributed by atoms with Gasteiger partial charge in [-0.1, -0.05) is 13.8 Å². The number of likely N-dealkylation sites (tertiary alicyclic amines) is 1. The van der Waals surface area contributed by atoms with Crippen LogP contribution in [0.15, 0.2) is 18.3 Å². The fourth-order valence-electron chi connectivity index (χ4n) is 3.54. The molecule has 0 saturated carbocycles. The quantitative estimate of drug-likeness (QED) is 0.807. The van der Waals surface area contributed by atoms with Crippen LogP contribution in [0.25, 0.3) is 11.2 Å². The summed E-state index contributed by atoms with van der Waals surface area (Å²) in [7, 11) is 3.31. The average molecular weight is 373 g/mol. The summed E-state index contributed by atoms with van der Waals surface area (Å²) in [4.78, 5) is 35.2. The van der Waals surface area contributed by atoms with Crippen molar-refractivity contribution in [3.8, 4) is 0 Å². The number of carbonyl (C=O) groups is 2. The summed E-state index contributed by atoms with van der Waals surface area (Å²) in [5, 5.41) is 2.81. The third-order valence-corrected chi connectivity index (χ3v) is 5.17. The number of aryl methyl sites for hydroxylation is 1. The minimum atomic E-state index is -0.632. The Morgan fingerprint density at radius 3 is 2.85 bits per heavy atom. The third kappa shape index (κ3) is 4.04. The number of amides is 2. The molecule has 0 radical (unpaired) electrons. The maximum absolute atomic E-state index is 12.6. The second-order valence-corrected chi connectivity index (χ2v) is 7.43. The van der Waals surface area contributed by atoms with Gasteiger partial charge >= 0.3 is 12.0 Å². The molecule has 3 rings (SSSR count). The topological polar surface area (TPSA) is 89.3 Å². The van der Waals surface area contributed by atoms with E-state index in [9.17, 15) is 9.59 Å². The molecule has 0 aromatic carbocycles. The van der Waals surface area contributed by atoms with E-state index in [1.165, 1.54) is 7.11 Å². The largest absolute Gasteiger partial charge is 0.467 e. The number of hydrogen-bond acceptors (Lipinski definition) is 5. The van der Waals surface area contributed by atoms with Gasteiger partial charge in [-0.2, -0.15) is 0 Å². The van der Waals surface area contributed by atoms with Crippen molar-refractivity contribution in [3.63, 3.8) is 0 Å². The third-order valence-electron chi connectivity index (χ3n) is 5.17. The van der Waals surface area contributed by atoms with Gasteiger partial charge in [0.1, 0.15) is 17.4 Å². The Kier molecular flexibility index (Phi) is 5.62. The molecule has 8 nitrogen and oxygen atoms in total.